The highest BCUT2D eigenvalue weighted by Crippen LogP contribution is 2.38. The number of carbonyl (C=O) groups excluding carboxylic acids is 1. The molecule has 0 radical (unpaired) electrons. The number of anilines is 1. The summed E-state index contributed by atoms with van der Waals surface area (Å²) in [7, 11) is 0. The molecule has 7 heteroatoms. The molecule has 5 rings (SSSR count). The van der Waals surface area contributed by atoms with Crippen LogP contribution in [0.25, 0.3) is 27.8 Å². The SMILES string of the molecule is CCN(CC)C(=O)c1ccccc1-c1cn(-c2cccc(C)c2)c2ncnc(NC3CCOCC3)c12. The summed E-state index contributed by atoms with van der Waals surface area (Å²) in [4.78, 5) is 24.8. The highest BCUT2D eigenvalue weighted by atomic mass is 16.5. The van der Waals surface area contributed by atoms with Crippen LogP contribution >= 0.6 is 0 Å². The zero-order valence-corrected chi connectivity index (χ0v) is 21.2. The maximum atomic E-state index is 13.5. The number of carbonyl (C=O) groups is 1. The first-order chi connectivity index (χ1) is 17.6. The molecule has 1 aliphatic rings. The van der Waals surface area contributed by atoms with Crippen LogP contribution in [0, 0.1) is 6.92 Å². The summed E-state index contributed by atoms with van der Waals surface area (Å²) in [6, 6.07) is 16.5. The van der Waals surface area contributed by atoms with Crippen LogP contribution in [-0.4, -0.2) is 57.7 Å². The van der Waals surface area contributed by atoms with Crippen LogP contribution in [-0.2, 0) is 4.74 Å². The second kappa shape index (κ2) is 10.5. The van der Waals surface area contributed by atoms with E-state index in [-0.39, 0.29) is 11.9 Å². The second-order valence-corrected chi connectivity index (χ2v) is 9.23. The van der Waals surface area contributed by atoms with Gasteiger partial charge >= 0.3 is 0 Å². The normalized spacial score (nSPS) is 14.2. The van der Waals surface area contributed by atoms with Crippen molar-refractivity contribution in [2.24, 2.45) is 0 Å². The van der Waals surface area contributed by atoms with E-state index >= 15 is 0 Å². The van der Waals surface area contributed by atoms with Crippen molar-refractivity contribution in [3.05, 3.63) is 72.2 Å². The Hall–Kier alpha value is -3.71. The minimum Gasteiger partial charge on any atom is -0.381 e. The Kier molecular flexibility index (Phi) is 7.00. The van der Waals surface area contributed by atoms with Crippen LogP contribution in [0.15, 0.2) is 61.1 Å². The lowest BCUT2D eigenvalue weighted by molar-refractivity contribution is 0.0773. The molecule has 0 bridgehead atoms. The topological polar surface area (TPSA) is 72.3 Å². The van der Waals surface area contributed by atoms with Crippen LogP contribution in [0.3, 0.4) is 0 Å². The minimum atomic E-state index is 0.0304. The second-order valence-electron chi connectivity index (χ2n) is 9.23. The van der Waals surface area contributed by atoms with Gasteiger partial charge in [-0.1, -0.05) is 30.3 Å². The largest absolute Gasteiger partial charge is 0.381 e. The highest BCUT2D eigenvalue weighted by molar-refractivity contribution is 6.08. The van der Waals surface area contributed by atoms with Crippen molar-refractivity contribution in [2.45, 2.75) is 39.7 Å². The van der Waals surface area contributed by atoms with Crippen molar-refractivity contribution in [2.75, 3.05) is 31.6 Å². The zero-order chi connectivity index (χ0) is 25.1. The molecule has 0 atom stereocenters. The molecule has 2 aromatic carbocycles. The molecule has 0 spiro atoms. The lowest BCUT2D eigenvalue weighted by Crippen LogP contribution is -2.30. The number of aromatic nitrogens is 3. The Labute approximate surface area is 212 Å². The van der Waals surface area contributed by atoms with E-state index in [1.54, 1.807) is 6.33 Å². The average Bonchev–Trinajstić information content (AvgIpc) is 3.30. The van der Waals surface area contributed by atoms with Crippen LogP contribution in [0.1, 0.15) is 42.6 Å². The van der Waals surface area contributed by atoms with Crippen LogP contribution in [0.5, 0.6) is 0 Å². The third kappa shape index (κ3) is 4.58. The van der Waals surface area contributed by atoms with E-state index in [0.717, 1.165) is 59.7 Å². The molecule has 2 aromatic heterocycles. The van der Waals surface area contributed by atoms with E-state index in [9.17, 15) is 4.79 Å². The number of benzene rings is 2. The molecule has 0 saturated carbocycles. The molecular formula is C29H33N5O2. The smallest absolute Gasteiger partial charge is 0.254 e. The van der Waals surface area contributed by atoms with Gasteiger partial charge in [0.15, 0.2) is 5.65 Å². The van der Waals surface area contributed by atoms with Crippen molar-refractivity contribution in [3.63, 3.8) is 0 Å². The molecule has 0 unspecified atom stereocenters. The molecule has 3 heterocycles. The highest BCUT2D eigenvalue weighted by Gasteiger charge is 2.24. The van der Waals surface area contributed by atoms with E-state index < -0.39 is 0 Å². The number of ether oxygens (including phenoxy) is 1. The molecule has 7 nitrogen and oxygen atoms in total. The first-order valence-electron chi connectivity index (χ1n) is 12.8. The van der Waals surface area contributed by atoms with Crippen LogP contribution in [0.4, 0.5) is 5.82 Å². The average molecular weight is 484 g/mol. The van der Waals surface area contributed by atoms with Gasteiger partial charge in [-0.3, -0.25) is 4.79 Å². The molecule has 1 N–H and O–H groups in total. The van der Waals surface area contributed by atoms with Gasteiger partial charge in [0.25, 0.3) is 5.91 Å². The van der Waals surface area contributed by atoms with Gasteiger partial charge in [-0.05, 0) is 62.9 Å². The summed E-state index contributed by atoms with van der Waals surface area (Å²) >= 11 is 0. The third-order valence-corrected chi connectivity index (χ3v) is 6.92. The summed E-state index contributed by atoms with van der Waals surface area (Å²) in [5, 5.41) is 4.59. The predicted octanol–water partition coefficient (Wildman–Crippen LogP) is 5.47. The standard InChI is InChI=1S/C29H33N5O2/c1-4-33(5-2)29(35)24-12-7-6-11-23(24)25-18-34(22-10-8-9-20(3)17-22)28-26(25)27(30-19-31-28)32-21-13-15-36-16-14-21/h6-12,17-19,21H,4-5,13-16H2,1-3H3,(H,30,31,32). The van der Waals surface area contributed by atoms with Crippen molar-refractivity contribution in [1.29, 1.82) is 0 Å². The molecule has 1 saturated heterocycles. The fourth-order valence-electron chi connectivity index (χ4n) is 4.97. The lowest BCUT2D eigenvalue weighted by atomic mass is 9.98. The van der Waals surface area contributed by atoms with E-state index in [0.29, 0.717) is 18.7 Å². The lowest BCUT2D eigenvalue weighted by Gasteiger charge is -2.24. The van der Waals surface area contributed by atoms with Crippen LogP contribution < -0.4 is 5.32 Å². The fourth-order valence-corrected chi connectivity index (χ4v) is 4.97. The molecule has 36 heavy (non-hydrogen) atoms. The summed E-state index contributed by atoms with van der Waals surface area (Å²) in [5.74, 6) is 0.821. The third-order valence-electron chi connectivity index (χ3n) is 6.92. The van der Waals surface area contributed by atoms with Crippen molar-refractivity contribution in [1.82, 2.24) is 19.4 Å². The Balaban J connectivity index is 1.73. The van der Waals surface area contributed by atoms with Gasteiger partial charge in [0.2, 0.25) is 0 Å². The van der Waals surface area contributed by atoms with Gasteiger partial charge in [0.1, 0.15) is 12.1 Å². The Bertz CT molecular complexity index is 1370. The van der Waals surface area contributed by atoms with Crippen molar-refractivity contribution >= 4 is 22.8 Å². The monoisotopic (exact) mass is 483 g/mol. The number of nitrogens with zero attached hydrogens (tertiary/aromatic N) is 4. The number of fused-ring (bicyclic) bond motifs is 1. The Morgan fingerprint density at radius 1 is 1.06 bits per heavy atom. The van der Waals surface area contributed by atoms with Crippen molar-refractivity contribution < 1.29 is 9.53 Å². The molecule has 1 amide bonds. The van der Waals surface area contributed by atoms with E-state index in [1.165, 1.54) is 5.56 Å². The maximum Gasteiger partial charge on any atom is 0.254 e. The number of hydrogen-bond acceptors (Lipinski definition) is 5. The fraction of sp³-hybridized carbons (Fsp3) is 0.345. The van der Waals surface area contributed by atoms with E-state index in [2.05, 4.69) is 52.3 Å². The summed E-state index contributed by atoms with van der Waals surface area (Å²) in [5.41, 5.74) is 5.51. The van der Waals surface area contributed by atoms with Gasteiger partial charge in [-0.2, -0.15) is 0 Å². The molecule has 1 aliphatic heterocycles. The molecule has 0 aliphatic carbocycles. The summed E-state index contributed by atoms with van der Waals surface area (Å²) < 4.78 is 7.66. The first kappa shape index (κ1) is 24.0. The number of rotatable bonds is 7. The van der Waals surface area contributed by atoms with E-state index in [1.807, 2.05) is 43.0 Å². The number of aryl methyl sites for hydroxylation is 1. The number of amides is 1. The first-order valence-corrected chi connectivity index (χ1v) is 12.8. The zero-order valence-electron chi connectivity index (χ0n) is 21.2. The number of nitrogens with one attached hydrogen (secondary N) is 1. The van der Waals surface area contributed by atoms with Gasteiger partial charge in [-0.25, -0.2) is 9.97 Å². The summed E-state index contributed by atoms with van der Waals surface area (Å²) in [6.45, 7) is 8.91. The molecular weight excluding hydrogens is 450 g/mol. The number of hydrogen-bond donors (Lipinski definition) is 1. The van der Waals surface area contributed by atoms with Crippen molar-refractivity contribution in [3.8, 4) is 16.8 Å². The van der Waals surface area contributed by atoms with Gasteiger partial charge in [0, 0.05) is 55.4 Å². The quantitative estimate of drug-likeness (QED) is 0.377. The molecule has 1 fully saturated rings. The van der Waals surface area contributed by atoms with E-state index in [4.69, 9.17) is 9.72 Å². The minimum absolute atomic E-state index is 0.0304. The predicted molar refractivity (Wildman–Crippen MR) is 144 cm³/mol. The Morgan fingerprint density at radius 3 is 2.58 bits per heavy atom. The Morgan fingerprint density at radius 2 is 1.83 bits per heavy atom. The molecule has 186 valence electrons. The summed E-state index contributed by atoms with van der Waals surface area (Å²) in [6.07, 6.45) is 5.57. The molecule has 4 aromatic rings. The maximum absolute atomic E-state index is 13.5. The van der Waals surface area contributed by atoms with Gasteiger partial charge in [-0.15, -0.1) is 0 Å². The van der Waals surface area contributed by atoms with Crippen LogP contribution in [0.2, 0.25) is 0 Å². The van der Waals surface area contributed by atoms with Gasteiger partial charge in [0.05, 0.1) is 5.39 Å². The van der Waals surface area contributed by atoms with Gasteiger partial charge < -0.3 is 19.5 Å².